The molecule has 42 heavy (non-hydrogen) atoms. The van der Waals surface area contributed by atoms with Crippen molar-refractivity contribution < 1.29 is 28.8 Å². The average molecular weight is 567 g/mol. The Balaban J connectivity index is 0.000000352. The van der Waals surface area contributed by atoms with E-state index in [0.717, 1.165) is 22.6 Å². The highest BCUT2D eigenvalue weighted by atomic mass is 16.2. The normalized spacial score (nSPS) is 13.0. The van der Waals surface area contributed by atoms with Gasteiger partial charge in [0.1, 0.15) is 0 Å². The van der Waals surface area contributed by atoms with Crippen LogP contribution < -0.4 is 9.80 Å². The van der Waals surface area contributed by atoms with Crippen LogP contribution >= 0.6 is 0 Å². The molecule has 0 saturated carbocycles. The number of carbonyl (C=O) groups is 6. The lowest BCUT2D eigenvalue weighted by atomic mass is 9.85. The molecule has 0 bridgehead atoms. The summed E-state index contributed by atoms with van der Waals surface area (Å²) >= 11 is 0. The van der Waals surface area contributed by atoms with Gasteiger partial charge in [-0.05, 0) is 48.5 Å². The molecule has 0 radical (unpaired) electrons. The maximum Gasteiger partial charge on any atom is 0.265 e. The van der Waals surface area contributed by atoms with Gasteiger partial charge in [-0.1, -0.05) is 0 Å². The number of amides is 6. The van der Waals surface area contributed by atoms with E-state index >= 15 is 0 Å². The summed E-state index contributed by atoms with van der Waals surface area (Å²) in [5.41, 5.74) is 1.82. The van der Waals surface area contributed by atoms with Crippen molar-refractivity contribution in [3.8, 4) is 0 Å². The summed E-state index contributed by atoms with van der Waals surface area (Å²) in [7, 11) is 6.75. The Morgan fingerprint density at radius 3 is 0.952 bits per heavy atom. The van der Waals surface area contributed by atoms with E-state index in [-0.39, 0.29) is 22.3 Å². The molecular weight excluding hydrogens is 540 g/mol. The first kappa shape index (κ1) is 29.2. The molecule has 4 aromatic rings. The zero-order chi connectivity index (χ0) is 30.6. The molecule has 6 amide bonds. The fourth-order valence-corrected chi connectivity index (χ4v) is 4.33. The molecule has 0 atom stereocenters. The predicted molar refractivity (Wildman–Crippen MR) is 154 cm³/mol. The van der Waals surface area contributed by atoms with E-state index in [2.05, 4.69) is 9.97 Å². The lowest BCUT2D eigenvalue weighted by Crippen LogP contribution is -2.43. The molecule has 6 rings (SSSR count). The van der Waals surface area contributed by atoms with Crippen LogP contribution in [0, 0.1) is 0 Å². The highest BCUT2D eigenvalue weighted by Gasteiger charge is 2.40. The van der Waals surface area contributed by atoms with Gasteiger partial charge in [0.15, 0.2) is 0 Å². The van der Waals surface area contributed by atoms with Gasteiger partial charge in [0, 0.05) is 86.0 Å². The van der Waals surface area contributed by atoms with Crippen LogP contribution in [0.4, 0.5) is 11.4 Å². The van der Waals surface area contributed by atoms with Crippen LogP contribution in [0.1, 0.15) is 41.4 Å². The molecule has 12 nitrogen and oxygen atoms in total. The number of nitrogens with zero attached hydrogens (tertiary/aromatic N) is 6. The summed E-state index contributed by atoms with van der Waals surface area (Å²) in [6, 6.07) is 12.4. The van der Waals surface area contributed by atoms with Gasteiger partial charge in [-0.3, -0.25) is 38.7 Å². The largest absolute Gasteiger partial charge is 0.351 e. The van der Waals surface area contributed by atoms with E-state index in [4.69, 9.17) is 0 Å². The number of anilines is 2. The third-order valence-corrected chi connectivity index (χ3v) is 6.16. The first-order valence-corrected chi connectivity index (χ1v) is 12.5. The third kappa shape index (κ3) is 5.32. The van der Waals surface area contributed by atoms with E-state index in [0.29, 0.717) is 22.1 Å². The maximum atomic E-state index is 13.3. The molecule has 2 aliphatic heterocycles. The van der Waals surface area contributed by atoms with Gasteiger partial charge in [-0.2, -0.15) is 0 Å². The van der Waals surface area contributed by atoms with Crippen molar-refractivity contribution in [2.45, 2.75) is 0 Å². The van der Waals surface area contributed by atoms with Crippen molar-refractivity contribution in [1.29, 1.82) is 0 Å². The minimum Gasteiger partial charge on any atom is -0.351 e. The molecule has 2 aromatic carbocycles. The molecule has 0 fully saturated rings. The first-order chi connectivity index (χ1) is 20.1. The summed E-state index contributed by atoms with van der Waals surface area (Å²) in [6.07, 6.45) is 7.49. The number of aromatic nitrogens is 2. The molecule has 0 aliphatic carbocycles. The summed E-state index contributed by atoms with van der Waals surface area (Å²) in [4.78, 5) is 84.9. The van der Waals surface area contributed by atoms with Gasteiger partial charge in [-0.15, -0.1) is 0 Å². The van der Waals surface area contributed by atoms with Gasteiger partial charge in [0.25, 0.3) is 23.6 Å². The number of benzene rings is 2. The first-order valence-electron chi connectivity index (χ1n) is 12.5. The molecule has 2 aliphatic rings. The molecule has 0 unspecified atom stereocenters. The van der Waals surface area contributed by atoms with Gasteiger partial charge in [0.2, 0.25) is 12.8 Å². The Morgan fingerprint density at radius 2 is 0.738 bits per heavy atom. The summed E-state index contributed by atoms with van der Waals surface area (Å²) in [6.45, 7) is 0. The number of hydrogen-bond acceptors (Lipinski definition) is 8. The Bertz CT molecular complexity index is 1510. The van der Waals surface area contributed by atoms with E-state index in [1.54, 1.807) is 52.5 Å². The summed E-state index contributed by atoms with van der Waals surface area (Å²) in [5, 5.41) is 0.660. The molecule has 0 saturated heterocycles. The van der Waals surface area contributed by atoms with E-state index in [9.17, 15) is 28.8 Å². The van der Waals surface area contributed by atoms with Crippen LogP contribution in [0.5, 0.6) is 0 Å². The number of imide groups is 2. The molecule has 212 valence electrons. The fourth-order valence-electron chi connectivity index (χ4n) is 4.33. The van der Waals surface area contributed by atoms with E-state index in [1.165, 1.54) is 58.9 Å². The Kier molecular flexibility index (Phi) is 8.46. The lowest BCUT2D eigenvalue weighted by Gasteiger charge is -2.31. The second-order valence-corrected chi connectivity index (χ2v) is 9.51. The number of hydrogen-bond donors (Lipinski definition) is 0. The highest BCUT2D eigenvalue weighted by molar-refractivity contribution is 6.42. The van der Waals surface area contributed by atoms with E-state index < -0.39 is 23.6 Å². The Labute approximate surface area is 240 Å². The van der Waals surface area contributed by atoms with Gasteiger partial charge in [-0.25, -0.2) is 9.80 Å². The zero-order valence-electron chi connectivity index (χ0n) is 23.2. The molecule has 12 heteroatoms. The van der Waals surface area contributed by atoms with Crippen LogP contribution in [0.15, 0.2) is 73.3 Å². The van der Waals surface area contributed by atoms with Crippen molar-refractivity contribution in [1.82, 2.24) is 19.8 Å². The lowest BCUT2D eigenvalue weighted by molar-refractivity contribution is -0.116. The van der Waals surface area contributed by atoms with Crippen LogP contribution in [0.25, 0.3) is 10.8 Å². The van der Waals surface area contributed by atoms with Gasteiger partial charge >= 0.3 is 0 Å². The average Bonchev–Trinajstić information content (AvgIpc) is 3.00. The minimum absolute atomic E-state index is 0.259. The predicted octanol–water partition coefficient (Wildman–Crippen LogP) is 2.64. The van der Waals surface area contributed by atoms with Crippen LogP contribution in [0.2, 0.25) is 0 Å². The van der Waals surface area contributed by atoms with E-state index in [1.807, 2.05) is 0 Å². The van der Waals surface area contributed by atoms with Crippen LogP contribution in [-0.4, -0.2) is 84.4 Å². The fraction of sp³-hybridized carbons (Fsp3) is 0.133. The van der Waals surface area contributed by atoms with Crippen LogP contribution in [-0.2, 0) is 9.59 Å². The maximum absolute atomic E-state index is 13.3. The smallest absolute Gasteiger partial charge is 0.265 e. The van der Waals surface area contributed by atoms with Crippen molar-refractivity contribution in [3.63, 3.8) is 0 Å². The minimum atomic E-state index is -0.520. The van der Waals surface area contributed by atoms with Crippen LogP contribution in [0.3, 0.4) is 0 Å². The molecule has 2 aromatic heterocycles. The zero-order valence-corrected chi connectivity index (χ0v) is 23.2. The SMILES string of the molecule is CN(C)C=O.CN(C)C=O.O=C1c2ccc3c4c(ccc(c24)C(=O)N1c1ccncc1)C(=O)N(c1ccncc1)C3=O. The monoisotopic (exact) mass is 566 g/mol. The quantitative estimate of drug-likeness (QED) is 0.271. The Morgan fingerprint density at radius 1 is 0.500 bits per heavy atom. The van der Waals surface area contributed by atoms with Gasteiger partial charge < -0.3 is 9.80 Å². The van der Waals surface area contributed by atoms with Crippen molar-refractivity contribution in [2.24, 2.45) is 0 Å². The van der Waals surface area contributed by atoms with Crippen molar-refractivity contribution >= 4 is 58.6 Å². The second kappa shape index (κ2) is 12.2. The number of carbonyl (C=O) groups excluding carboxylic acids is 6. The standard InChI is InChI=1S/C24H12N4O4.2C3H7NO/c29-21-15-1-2-16-20-18(24(32)28(22(16)30)14-7-11-26-12-8-14)4-3-17(19(15)20)23(31)27(21)13-5-9-25-10-6-13;2*1-4(2)3-5/h1-12H;2*3H,1-2H3. The molecule has 4 heterocycles. The van der Waals surface area contributed by atoms with Crippen molar-refractivity contribution in [2.75, 3.05) is 38.0 Å². The second-order valence-electron chi connectivity index (χ2n) is 9.51. The van der Waals surface area contributed by atoms with Gasteiger partial charge in [0.05, 0.1) is 11.4 Å². The Hall–Kier alpha value is -5.78. The summed E-state index contributed by atoms with van der Waals surface area (Å²) in [5.74, 6) is -2.08. The third-order valence-electron chi connectivity index (χ3n) is 6.16. The number of rotatable bonds is 4. The molecular formula is C30H26N6O6. The molecule has 0 N–H and O–H groups in total. The topological polar surface area (TPSA) is 141 Å². The summed E-state index contributed by atoms with van der Waals surface area (Å²) < 4.78 is 0. The highest BCUT2D eigenvalue weighted by Crippen LogP contribution is 2.39. The molecule has 0 spiro atoms. The van der Waals surface area contributed by atoms with Crippen molar-refractivity contribution in [3.05, 3.63) is 95.6 Å². The number of pyridine rings is 2.